The fourth-order valence-corrected chi connectivity index (χ4v) is 4.58. The standard InChI is InChI=1S/C26H31NO4/c1-17(2)20-6-5-7-21(14-20)30-16-24(29)27-10-8-26(9-11-27)15-23(28)22-13-18(3)12-19(4)25(22)31-26/h5-7,12-14,17H,8-11,15-16H2,1-4H3. The second-order valence-corrected chi connectivity index (χ2v) is 9.24. The first-order valence-corrected chi connectivity index (χ1v) is 11.1. The highest BCUT2D eigenvalue weighted by Gasteiger charge is 2.44. The van der Waals surface area contributed by atoms with Gasteiger partial charge in [0.05, 0.1) is 12.0 Å². The molecule has 0 unspecified atom stereocenters. The molecule has 0 atom stereocenters. The Labute approximate surface area is 184 Å². The Hall–Kier alpha value is -2.82. The minimum absolute atomic E-state index is 0.0234. The van der Waals surface area contributed by atoms with Crippen LogP contribution in [0.3, 0.4) is 0 Å². The van der Waals surface area contributed by atoms with Gasteiger partial charge in [0, 0.05) is 25.9 Å². The third kappa shape index (κ3) is 4.46. The largest absolute Gasteiger partial charge is 0.486 e. The van der Waals surface area contributed by atoms with E-state index in [4.69, 9.17) is 9.47 Å². The molecule has 0 N–H and O–H groups in total. The van der Waals surface area contributed by atoms with Gasteiger partial charge < -0.3 is 14.4 Å². The maximum absolute atomic E-state index is 12.8. The van der Waals surface area contributed by atoms with Gasteiger partial charge in [-0.3, -0.25) is 9.59 Å². The van der Waals surface area contributed by atoms with Crippen molar-refractivity contribution in [1.82, 2.24) is 4.90 Å². The Balaban J connectivity index is 1.37. The summed E-state index contributed by atoms with van der Waals surface area (Å²) in [5.74, 6) is 1.96. The first-order valence-electron chi connectivity index (χ1n) is 11.1. The average Bonchev–Trinajstić information content (AvgIpc) is 2.74. The third-order valence-electron chi connectivity index (χ3n) is 6.44. The number of nitrogens with zero attached hydrogens (tertiary/aromatic N) is 1. The Morgan fingerprint density at radius 1 is 1.16 bits per heavy atom. The topological polar surface area (TPSA) is 55.8 Å². The highest BCUT2D eigenvalue weighted by Crippen LogP contribution is 2.41. The first kappa shape index (κ1) is 21.4. The molecule has 1 amide bonds. The Morgan fingerprint density at radius 2 is 1.90 bits per heavy atom. The van der Waals surface area contributed by atoms with Crippen LogP contribution in [0.5, 0.6) is 11.5 Å². The van der Waals surface area contributed by atoms with Crippen LogP contribution in [0, 0.1) is 13.8 Å². The van der Waals surface area contributed by atoms with Crippen LogP contribution in [-0.2, 0) is 4.79 Å². The minimum Gasteiger partial charge on any atom is -0.486 e. The van der Waals surface area contributed by atoms with Gasteiger partial charge in [-0.1, -0.05) is 32.0 Å². The molecule has 4 rings (SSSR count). The number of likely N-dealkylation sites (tertiary alicyclic amines) is 1. The summed E-state index contributed by atoms with van der Waals surface area (Å²) in [5.41, 5.74) is 3.45. The predicted molar refractivity (Wildman–Crippen MR) is 120 cm³/mol. The number of benzene rings is 2. The van der Waals surface area contributed by atoms with Crippen molar-refractivity contribution < 1.29 is 19.1 Å². The highest BCUT2D eigenvalue weighted by molar-refractivity contribution is 6.01. The van der Waals surface area contributed by atoms with Crippen LogP contribution in [0.2, 0.25) is 0 Å². The van der Waals surface area contributed by atoms with E-state index >= 15 is 0 Å². The molecule has 1 saturated heterocycles. The van der Waals surface area contributed by atoms with Crippen LogP contribution in [0.25, 0.3) is 0 Å². The van der Waals surface area contributed by atoms with Crippen molar-refractivity contribution >= 4 is 11.7 Å². The highest BCUT2D eigenvalue weighted by atomic mass is 16.5. The molecule has 0 aliphatic carbocycles. The number of rotatable bonds is 4. The maximum Gasteiger partial charge on any atom is 0.260 e. The number of Topliss-reactive ketones (excluding diaryl/α,β-unsaturated/α-hetero) is 1. The number of carbonyl (C=O) groups is 2. The van der Waals surface area contributed by atoms with E-state index in [0.717, 1.165) is 22.6 Å². The molecule has 0 bridgehead atoms. The number of ether oxygens (including phenoxy) is 2. The lowest BCUT2D eigenvalue weighted by Crippen LogP contribution is -2.53. The Kier molecular flexibility index (Phi) is 5.78. The number of hydrogen-bond donors (Lipinski definition) is 0. The molecule has 0 radical (unpaired) electrons. The van der Waals surface area contributed by atoms with Gasteiger partial charge in [0.15, 0.2) is 12.4 Å². The summed E-state index contributed by atoms with van der Waals surface area (Å²) in [6.07, 6.45) is 1.68. The lowest BCUT2D eigenvalue weighted by atomic mass is 9.81. The van der Waals surface area contributed by atoms with Gasteiger partial charge in [-0.25, -0.2) is 0 Å². The molecular weight excluding hydrogens is 390 g/mol. The van der Waals surface area contributed by atoms with Gasteiger partial charge in [0.2, 0.25) is 0 Å². The summed E-state index contributed by atoms with van der Waals surface area (Å²) in [6.45, 7) is 9.41. The molecule has 5 nitrogen and oxygen atoms in total. The van der Waals surface area contributed by atoms with Crippen LogP contribution in [-0.4, -0.2) is 41.9 Å². The Bertz CT molecular complexity index is 1000. The molecule has 2 heterocycles. The molecule has 0 aromatic heterocycles. The van der Waals surface area contributed by atoms with Crippen LogP contribution in [0.15, 0.2) is 36.4 Å². The molecule has 2 aromatic rings. The summed E-state index contributed by atoms with van der Waals surface area (Å²) in [7, 11) is 0. The molecule has 0 saturated carbocycles. The molecule has 5 heteroatoms. The van der Waals surface area contributed by atoms with Crippen molar-refractivity contribution in [3.8, 4) is 11.5 Å². The van der Waals surface area contributed by atoms with Crippen molar-refractivity contribution in [3.63, 3.8) is 0 Å². The molecular formula is C26H31NO4. The van der Waals surface area contributed by atoms with E-state index in [1.54, 1.807) is 0 Å². The van der Waals surface area contributed by atoms with Gasteiger partial charge in [-0.2, -0.15) is 0 Å². The molecule has 2 aromatic carbocycles. The summed E-state index contributed by atoms with van der Waals surface area (Å²) >= 11 is 0. The monoisotopic (exact) mass is 421 g/mol. The number of ketones is 1. The molecule has 2 aliphatic rings. The zero-order chi connectivity index (χ0) is 22.2. The lowest BCUT2D eigenvalue weighted by Gasteiger charge is -2.44. The zero-order valence-electron chi connectivity index (χ0n) is 18.9. The van der Waals surface area contributed by atoms with Crippen molar-refractivity contribution in [1.29, 1.82) is 0 Å². The van der Waals surface area contributed by atoms with Gasteiger partial charge >= 0.3 is 0 Å². The van der Waals surface area contributed by atoms with Gasteiger partial charge in [0.25, 0.3) is 5.91 Å². The van der Waals surface area contributed by atoms with Crippen molar-refractivity contribution in [3.05, 3.63) is 58.7 Å². The lowest BCUT2D eigenvalue weighted by molar-refractivity contribution is -0.136. The number of aryl methyl sites for hydroxylation is 2. The first-order chi connectivity index (χ1) is 14.8. The number of hydrogen-bond acceptors (Lipinski definition) is 4. The number of fused-ring (bicyclic) bond motifs is 1. The van der Waals surface area contributed by atoms with Crippen molar-refractivity contribution in [2.45, 2.75) is 58.5 Å². The minimum atomic E-state index is -0.507. The molecule has 1 spiro atoms. The van der Waals surface area contributed by atoms with Gasteiger partial charge in [0.1, 0.15) is 17.1 Å². The number of carbonyl (C=O) groups excluding carboxylic acids is 2. The van der Waals surface area contributed by atoms with E-state index in [0.29, 0.717) is 43.8 Å². The quantitative estimate of drug-likeness (QED) is 0.709. The zero-order valence-corrected chi connectivity index (χ0v) is 18.9. The van der Waals surface area contributed by atoms with Crippen LogP contribution in [0.1, 0.15) is 66.1 Å². The van der Waals surface area contributed by atoms with Gasteiger partial charge in [-0.05, 0) is 54.7 Å². The van der Waals surface area contributed by atoms with Crippen LogP contribution in [0.4, 0.5) is 0 Å². The predicted octanol–water partition coefficient (Wildman–Crippen LogP) is 4.83. The second-order valence-electron chi connectivity index (χ2n) is 9.24. The summed E-state index contributed by atoms with van der Waals surface area (Å²) < 4.78 is 12.2. The number of amides is 1. The van der Waals surface area contributed by atoms with E-state index in [-0.39, 0.29) is 18.3 Å². The molecule has 164 valence electrons. The van der Waals surface area contributed by atoms with E-state index < -0.39 is 5.60 Å². The summed E-state index contributed by atoms with van der Waals surface area (Å²) in [5, 5.41) is 0. The van der Waals surface area contributed by atoms with Gasteiger partial charge in [-0.15, -0.1) is 0 Å². The van der Waals surface area contributed by atoms with E-state index in [1.165, 1.54) is 5.56 Å². The fraction of sp³-hybridized carbons (Fsp3) is 0.462. The molecule has 31 heavy (non-hydrogen) atoms. The SMILES string of the molecule is Cc1cc(C)c2c(c1)C(=O)CC1(CCN(C(=O)COc3cccc(C(C)C)c3)CC1)O2. The van der Waals surface area contributed by atoms with E-state index in [2.05, 4.69) is 26.0 Å². The smallest absolute Gasteiger partial charge is 0.260 e. The fourth-order valence-electron chi connectivity index (χ4n) is 4.58. The average molecular weight is 422 g/mol. The van der Waals surface area contributed by atoms with E-state index in [1.807, 2.05) is 43.0 Å². The Morgan fingerprint density at radius 3 is 2.61 bits per heavy atom. The van der Waals surface area contributed by atoms with Crippen molar-refractivity contribution in [2.75, 3.05) is 19.7 Å². The normalized spacial score (nSPS) is 17.5. The molecule has 2 aliphatic heterocycles. The summed E-state index contributed by atoms with van der Waals surface area (Å²) in [4.78, 5) is 27.4. The third-order valence-corrected chi connectivity index (χ3v) is 6.44. The summed E-state index contributed by atoms with van der Waals surface area (Å²) in [6, 6.07) is 11.9. The maximum atomic E-state index is 12.8. The van der Waals surface area contributed by atoms with Crippen LogP contribution < -0.4 is 9.47 Å². The van der Waals surface area contributed by atoms with Crippen LogP contribution >= 0.6 is 0 Å². The molecule has 1 fully saturated rings. The van der Waals surface area contributed by atoms with Crippen molar-refractivity contribution in [2.24, 2.45) is 0 Å². The second kappa shape index (κ2) is 8.37. The number of piperidine rings is 1. The van der Waals surface area contributed by atoms with E-state index in [9.17, 15) is 9.59 Å².